The van der Waals surface area contributed by atoms with E-state index in [2.05, 4.69) is 4.72 Å². The molecule has 1 N–H and O–H groups in total. The molecule has 1 saturated carbocycles. The van der Waals surface area contributed by atoms with Crippen LogP contribution in [-0.4, -0.2) is 38.4 Å². The Bertz CT molecular complexity index is 674. The first-order valence-electron chi connectivity index (χ1n) is 9.89. The number of hydrogen-bond acceptors (Lipinski definition) is 3. The quantitative estimate of drug-likeness (QED) is 0.695. The number of nitrogens with one attached hydrogen (secondary N) is 1. The third kappa shape index (κ3) is 5.81. The van der Waals surface area contributed by atoms with Crippen LogP contribution in [-0.2, 0) is 10.0 Å². The molecule has 0 unspecified atom stereocenters. The maximum absolute atomic E-state index is 12.8. The van der Waals surface area contributed by atoms with Crippen LogP contribution in [0.15, 0.2) is 29.2 Å². The van der Waals surface area contributed by atoms with Gasteiger partial charge >= 0.3 is 0 Å². The number of carbonyl (C=O) groups is 1. The highest BCUT2D eigenvalue weighted by atomic mass is 32.2. The van der Waals surface area contributed by atoms with Crippen molar-refractivity contribution in [1.82, 2.24) is 9.62 Å². The van der Waals surface area contributed by atoms with Crippen LogP contribution >= 0.6 is 0 Å². The lowest BCUT2D eigenvalue weighted by Gasteiger charge is -2.22. The molecule has 26 heavy (non-hydrogen) atoms. The van der Waals surface area contributed by atoms with Crippen molar-refractivity contribution in [2.24, 2.45) is 0 Å². The molecule has 0 atom stereocenters. The van der Waals surface area contributed by atoms with Gasteiger partial charge in [-0.2, -0.15) is 0 Å². The van der Waals surface area contributed by atoms with Crippen LogP contribution in [0.5, 0.6) is 0 Å². The lowest BCUT2D eigenvalue weighted by atomic mass is 10.1. The zero-order valence-corrected chi connectivity index (χ0v) is 16.9. The van der Waals surface area contributed by atoms with E-state index in [0.29, 0.717) is 18.7 Å². The van der Waals surface area contributed by atoms with Gasteiger partial charge in [0.15, 0.2) is 0 Å². The fourth-order valence-electron chi connectivity index (χ4n) is 3.52. The summed E-state index contributed by atoms with van der Waals surface area (Å²) < 4.78 is 28.4. The number of benzene rings is 1. The molecule has 5 nitrogen and oxygen atoms in total. The average Bonchev–Trinajstić information content (AvgIpc) is 2.89. The highest BCUT2D eigenvalue weighted by Crippen LogP contribution is 2.20. The minimum atomic E-state index is -3.60. The van der Waals surface area contributed by atoms with Gasteiger partial charge in [-0.25, -0.2) is 13.1 Å². The Morgan fingerprint density at radius 1 is 1.08 bits per heavy atom. The second-order valence-electron chi connectivity index (χ2n) is 7.13. The van der Waals surface area contributed by atoms with Gasteiger partial charge in [-0.05, 0) is 43.9 Å². The summed E-state index contributed by atoms with van der Waals surface area (Å²) in [4.78, 5) is 14.7. The van der Waals surface area contributed by atoms with Gasteiger partial charge in [-0.15, -0.1) is 0 Å². The Kier molecular flexibility index (Phi) is 8.10. The van der Waals surface area contributed by atoms with Crippen molar-refractivity contribution in [1.29, 1.82) is 0 Å². The lowest BCUT2D eigenvalue weighted by molar-refractivity contribution is 0.0755. The summed E-state index contributed by atoms with van der Waals surface area (Å²) in [6.07, 6.45) is 8.01. The zero-order chi connectivity index (χ0) is 19.0. The van der Waals surface area contributed by atoms with Gasteiger partial charge in [0, 0.05) is 24.7 Å². The number of carbonyl (C=O) groups excluding carboxylic acids is 1. The average molecular weight is 381 g/mol. The smallest absolute Gasteiger partial charge is 0.253 e. The fraction of sp³-hybridized carbons (Fsp3) is 0.650. The van der Waals surface area contributed by atoms with E-state index in [0.717, 1.165) is 38.5 Å². The Morgan fingerprint density at radius 3 is 2.27 bits per heavy atom. The number of nitrogens with zero attached hydrogens (tertiary/aromatic N) is 1. The van der Waals surface area contributed by atoms with Gasteiger partial charge in [0.05, 0.1) is 4.90 Å². The fourth-order valence-corrected chi connectivity index (χ4v) is 4.87. The molecule has 0 spiro atoms. The number of hydrogen-bond donors (Lipinski definition) is 1. The molecule has 1 fully saturated rings. The summed E-state index contributed by atoms with van der Waals surface area (Å²) in [5, 5.41) is 0. The molecular formula is C20H32N2O3S. The monoisotopic (exact) mass is 380 g/mol. The Morgan fingerprint density at radius 2 is 1.69 bits per heavy atom. The van der Waals surface area contributed by atoms with Crippen LogP contribution < -0.4 is 4.72 Å². The highest BCUT2D eigenvalue weighted by Gasteiger charge is 2.23. The maximum Gasteiger partial charge on any atom is 0.253 e. The summed E-state index contributed by atoms with van der Waals surface area (Å²) in [6, 6.07) is 6.44. The number of sulfonamides is 1. The van der Waals surface area contributed by atoms with Crippen LogP contribution in [0.1, 0.15) is 75.6 Å². The van der Waals surface area contributed by atoms with E-state index in [1.807, 2.05) is 13.8 Å². The molecule has 0 bridgehead atoms. The topological polar surface area (TPSA) is 66.5 Å². The van der Waals surface area contributed by atoms with Gasteiger partial charge in [0.2, 0.25) is 10.0 Å². The van der Waals surface area contributed by atoms with E-state index >= 15 is 0 Å². The second-order valence-corrected chi connectivity index (χ2v) is 8.84. The predicted octanol–water partition coefficient (Wildman–Crippen LogP) is 3.95. The van der Waals surface area contributed by atoms with Crippen LogP contribution in [0.4, 0.5) is 0 Å². The molecule has 146 valence electrons. The van der Waals surface area contributed by atoms with Gasteiger partial charge in [-0.3, -0.25) is 4.79 Å². The number of amides is 1. The third-order valence-electron chi connectivity index (χ3n) is 4.84. The molecule has 1 aromatic rings. The molecule has 2 rings (SSSR count). The first kappa shape index (κ1) is 20.9. The highest BCUT2D eigenvalue weighted by molar-refractivity contribution is 7.89. The minimum absolute atomic E-state index is 0.00135. The van der Waals surface area contributed by atoms with E-state index < -0.39 is 10.0 Å². The summed E-state index contributed by atoms with van der Waals surface area (Å²) in [7, 11) is -3.60. The van der Waals surface area contributed by atoms with Crippen molar-refractivity contribution in [3.8, 4) is 0 Å². The summed E-state index contributed by atoms with van der Waals surface area (Å²) in [5.74, 6) is -0.0970. The van der Waals surface area contributed by atoms with Crippen molar-refractivity contribution >= 4 is 15.9 Å². The molecule has 1 aromatic carbocycles. The third-order valence-corrected chi connectivity index (χ3v) is 6.36. The molecule has 0 aromatic heterocycles. The number of rotatable bonds is 8. The standard InChI is InChI=1S/C20H32N2O3S/c1-3-14-22(15-4-2)20(23)17-10-9-13-19(16-17)26(24,25)21-18-11-7-5-6-8-12-18/h9-10,13,16,18,21H,3-8,11-12,14-15H2,1-2H3. The molecule has 0 radical (unpaired) electrons. The molecule has 0 heterocycles. The van der Waals surface area contributed by atoms with E-state index in [1.165, 1.54) is 18.9 Å². The molecular weight excluding hydrogens is 348 g/mol. The Hall–Kier alpha value is -1.40. The van der Waals surface area contributed by atoms with Crippen LogP contribution in [0, 0.1) is 0 Å². The van der Waals surface area contributed by atoms with Crippen molar-refractivity contribution in [2.75, 3.05) is 13.1 Å². The molecule has 0 saturated heterocycles. The normalized spacial score (nSPS) is 16.2. The Labute approximate surface area is 158 Å². The summed E-state index contributed by atoms with van der Waals surface area (Å²) in [6.45, 7) is 5.44. The summed E-state index contributed by atoms with van der Waals surface area (Å²) >= 11 is 0. The van der Waals surface area contributed by atoms with E-state index in [1.54, 1.807) is 23.1 Å². The largest absolute Gasteiger partial charge is 0.339 e. The SMILES string of the molecule is CCCN(CCC)C(=O)c1cccc(S(=O)(=O)NC2CCCCCC2)c1. The molecule has 1 aliphatic rings. The van der Waals surface area contributed by atoms with Crippen LogP contribution in [0.2, 0.25) is 0 Å². The van der Waals surface area contributed by atoms with E-state index in [-0.39, 0.29) is 16.8 Å². The van der Waals surface area contributed by atoms with E-state index in [9.17, 15) is 13.2 Å². The van der Waals surface area contributed by atoms with E-state index in [4.69, 9.17) is 0 Å². The van der Waals surface area contributed by atoms with Crippen molar-refractivity contribution in [3.63, 3.8) is 0 Å². The van der Waals surface area contributed by atoms with Gasteiger partial charge < -0.3 is 4.90 Å². The van der Waals surface area contributed by atoms with Crippen LogP contribution in [0.3, 0.4) is 0 Å². The maximum atomic E-state index is 12.8. The van der Waals surface area contributed by atoms with Crippen molar-refractivity contribution in [3.05, 3.63) is 29.8 Å². The second kappa shape index (κ2) is 10.1. The van der Waals surface area contributed by atoms with Gasteiger partial charge in [0.1, 0.15) is 0 Å². The molecule has 0 aliphatic heterocycles. The van der Waals surface area contributed by atoms with Crippen LogP contribution in [0.25, 0.3) is 0 Å². The van der Waals surface area contributed by atoms with Crippen molar-refractivity contribution in [2.45, 2.75) is 76.2 Å². The lowest BCUT2D eigenvalue weighted by Crippen LogP contribution is -2.35. The molecule has 1 aliphatic carbocycles. The van der Waals surface area contributed by atoms with Crippen molar-refractivity contribution < 1.29 is 13.2 Å². The van der Waals surface area contributed by atoms with Gasteiger partial charge in [0.25, 0.3) is 5.91 Å². The minimum Gasteiger partial charge on any atom is -0.339 e. The Balaban J connectivity index is 2.17. The first-order chi connectivity index (χ1) is 12.5. The molecule has 1 amide bonds. The predicted molar refractivity (Wildman–Crippen MR) is 105 cm³/mol. The first-order valence-corrected chi connectivity index (χ1v) is 11.4. The molecule has 6 heteroatoms. The zero-order valence-electron chi connectivity index (χ0n) is 16.0. The van der Waals surface area contributed by atoms with Gasteiger partial charge in [-0.1, -0.05) is 45.6 Å². The summed E-state index contributed by atoms with van der Waals surface area (Å²) in [5.41, 5.74) is 0.440.